The minimum atomic E-state index is 0.328. The van der Waals surface area contributed by atoms with Gasteiger partial charge in [0, 0.05) is 18.9 Å². The van der Waals surface area contributed by atoms with Crippen LogP contribution in [0.2, 0.25) is 0 Å². The molecular weight excluding hydrogens is 353 g/mol. The van der Waals surface area contributed by atoms with Gasteiger partial charge in [0.05, 0.1) is 9.26 Å². The van der Waals surface area contributed by atoms with Gasteiger partial charge in [-0.1, -0.05) is 13.8 Å². The lowest BCUT2D eigenvalue weighted by atomic mass is 10.1. The molecule has 2 aromatic heterocycles. The number of hydrogen-bond acceptors (Lipinski definition) is 5. The Morgan fingerprint density at radius 2 is 1.84 bits per heavy atom. The lowest BCUT2D eigenvalue weighted by Gasteiger charge is -2.13. The Labute approximate surface area is 126 Å². The Kier molecular flexibility index (Phi) is 4.62. The van der Waals surface area contributed by atoms with Gasteiger partial charge in [-0.3, -0.25) is 0 Å². The highest BCUT2D eigenvalue weighted by Crippen LogP contribution is 2.27. The molecule has 5 nitrogen and oxygen atoms in total. The molecule has 0 amide bonds. The Balaban J connectivity index is 2.56. The zero-order chi connectivity index (χ0) is 13.8. The molecule has 100 valence electrons. The first-order chi connectivity index (χ1) is 9.13. The van der Waals surface area contributed by atoms with Crippen molar-refractivity contribution in [2.75, 3.05) is 11.9 Å². The summed E-state index contributed by atoms with van der Waals surface area (Å²) in [6.45, 7) is 7.11. The van der Waals surface area contributed by atoms with Crippen molar-refractivity contribution in [3.63, 3.8) is 0 Å². The highest BCUT2D eigenvalue weighted by molar-refractivity contribution is 14.1. The van der Waals surface area contributed by atoms with E-state index in [4.69, 9.17) is 0 Å². The summed E-state index contributed by atoms with van der Waals surface area (Å²) in [5, 5.41) is 3.27. The van der Waals surface area contributed by atoms with Gasteiger partial charge < -0.3 is 5.32 Å². The van der Waals surface area contributed by atoms with Crippen molar-refractivity contribution in [3.05, 3.63) is 27.7 Å². The number of aromatic nitrogens is 4. The van der Waals surface area contributed by atoms with Crippen molar-refractivity contribution < 1.29 is 0 Å². The summed E-state index contributed by atoms with van der Waals surface area (Å²) >= 11 is 2.29. The largest absolute Gasteiger partial charge is 0.369 e. The van der Waals surface area contributed by atoms with Crippen LogP contribution in [0.15, 0.2) is 18.5 Å². The van der Waals surface area contributed by atoms with Gasteiger partial charge in [-0.05, 0) is 41.5 Å². The van der Waals surface area contributed by atoms with Crippen LogP contribution in [0, 0.1) is 3.57 Å². The standard InChI is InChI=1S/C13H16IN5/c1-4-15-11-9(14)10(8(2)3)18-13(19-11)12-16-6-5-7-17-12/h5-8H,4H2,1-3H3,(H,15,18,19). The predicted octanol–water partition coefficient (Wildman–Crippen LogP) is 3.09. The van der Waals surface area contributed by atoms with E-state index in [-0.39, 0.29) is 0 Å². The maximum Gasteiger partial charge on any atom is 0.200 e. The first-order valence-corrected chi connectivity index (χ1v) is 7.30. The first kappa shape index (κ1) is 14.1. The maximum absolute atomic E-state index is 4.60. The van der Waals surface area contributed by atoms with E-state index in [1.807, 2.05) is 6.92 Å². The number of halogens is 1. The summed E-state index contributed by atoms with van der Waals surface area (Å²) in [5.74, 6) is 2.31. The van der Waals surface area contributed by atoms with Crippen molar-refractivity contribution in [2.45, 2.75) is 26.7 Å². The molecule has 1 N–H and O–H groups in total. The average molecular weight is 369 g/mol. The van der Waals surface area contributed by atoms with Crippen LogP contribution < -0.4 is 5.32 Å². The first-order valence-electron chi connectivity index (χ1n) is 6.22. The van der Waals surface area contributed by atoms with Crippen molar-refractivity contribution >= 4 is 28.4 Å². The summed E-state index contributed by atoms with van der Waals surface area (Å²) in [5.41, 5.74) is 1.02. The zero-order valence-electron chi connectivity index (χ0n) is 11.2. The van der Waals surface area contributed by atoms with Gasteiger partial charge in [0.25, 0.3) is 0 Å². The van der Waals surface area contributed by atoms with Crippen LogP contribution in [-0.4, -0.2) is 26.5 Å². The average Bonchev–Trinajstić information content (AvgIpc) is 2.42. The number of hydrogen-bond donors (Lipinski definition) is 1. The van der Waals surface area contributed by atoms with Crippen molar-refractivity contribution in [1.82, 2.24) is 19.9 Å². The summed E-state index contributed by atoms with van der Waals surface area (Å²) in [6, 6.07) is 1.78. The van der Waals surface area contributed by atoms with Gasteiger partial charge in [-0.2, -0.15) is 0 Å². The lowest BCUT2D eigenvalue weighted by Crippen LogP contribution is -2.09. The molecule has 0 saturated heterocycles. The number of anilines is 1. The van der Waals surface area contributed by atoms with E-state index < -0.39 is 0 Å². The molecule has 0 radical (unpaired) electrons. The Morgan fingerprint density at radius 1 is 1.16 bits per heavy atom. The molecule has 19 heavy (non-hydrogen) atoms. The summed E-state index contributed by atoms with van der Waals surface area (Å²) in [6.07, 6.45) is 3.40. The quantitative estimate of drug-likeness (QED) is 0.840. The molecule has 0 spiro atoms. The van der Waals surface area contributed by atoms with Gasteiger partial charge in [0.2, 0.25) is 0 Å². The normalized spacial score (nSPS) is 10.8. The number of nitrogens with one attached hydrogen (secondary N) is 1. The molecule has 2 heterocycles. The highest BCUT2D eigenvalue weighted by Gasteiger charge is 2.16. The molecule has 2 aromatic rings. The van der Waals surface area contributed by atoms with E-state index in [1.165, 1.54) is 0 Å². The third kappa shape index (κ3) is 3.17. The van der Waals surface area contributed by atoms with E-state index in [0.29, 0.717) is 17.6 Å². The van der Waals surface area contributed by atoms with Crippen LogP contribution in [0.3, 0.4) is 0 Å². The monoisotopic (exact) mass is 369 g/mol. The Hall–Kier alpha value is -1.31. The van der Waals surface area contributed by atoms with E-state index in [2.05, 4.69) is 61.7 Å². The second-order valence-electron chi connectivity index (χ2n) is 4.35. The number of rotatable bonds is 4. The third-order valence-electron chi connectivity index (χ3n) is 2.53. The predicted molar refractivity (Wildman–Crippen MR) is 84.0 cm³/mol. The second-order valence-corrected chi connectivity index (χ2v) is 5.43. The van der Waals surface area contributed by atoms with Crippen molar-refractivity contribution in [2.24, 2.45) is 0 Å². The van der Waals surface area contributed by atoms with E-state index in [1.54, 1.807) is 18.5 Å². The fraction of sp³-hybridized carbons (Fsp3) is 0.385. The van der Waals surface area contributed by atoms with Crippen LogP contribution in [-0.2, 0) is 0 Å². The maximum atomic E-state index is 4.60. The molecule has 0 saturated carbocycles. The van der Waals surface area contributed by atoms with Gasteiger partial charge in [-0.15, -0.1) is 0 Å². The molecule has 0 unspecified atom stereocenters. The summed E-state index contributed by atoms with van der Waals surface area (Å²) in [4.78, 5) is 17.5. The Morgan fingerprint density at radius 3 is 2.42 bits per heavy atom. The Bertz CT molecular complexity index is 556. The summed E-state index contributed by atoms with van der Waals surface area (Å²) < 4.78 is 1.06. The third-order valence-corrected chi connectivity index (χ3v) is 3.60. The SMILES string of the molecule is CCNc1nc(-c2ncccn2)nc(C(C)C)c1I. The van der Waals surface area contributed by atoms with Gasteiger partial charge in [0.1, 0.15) is 5.82 Å². The van der Waals surface area contributed by atoms with Crippen LogP contribution in [0.1, 0.15) is 32.4 Å². The second kappa shape index (κ2) is 6.23. The fourth-order valence-corrected chi connectivity index (χ4v) is 2.70. The summed E-state index contributed by atoms with van der Waals surface area (Å²) in [7, 11) is 0. The molecule has 0 aromatic carbocycles. The van der Waals surface area contributed by atoms with Gasteiger partial charge in [0.15, 0.2) is 11.6 Å². The van der Waals surface area contributed by atoms with Crippen LogP contribution in [0.5, 0.6) is 0 Å². The van der Waals surface area contributed by atoms with Gasteiger partial charge >= 0.3 is 0 Å². The van der Waals surface area contributed by atoms with E-state index >= 15 is 0 Å². The lowest BCUT2D eigenvalue weighted by molar-refractivity contribution is 0.806. The van der Waals surface area contributed by atoms with Crippen LogP contribution in [0.25, 0.3) is 11.6 Å². The molecule has 0 aliphatic carbocycles. The minimum absolute atomic E-state index is 0.328. The van der Waals surface area contributed by atoms with E-state index in [9.17, 15) is 0 Å². The molecule has 0 bridgehead atoms. The van der Waals surface area contributed by atoms with Crippen LogP contribution >= 0.6 is 22.6 Å². The molecule has 0 aliphatic heterocycles. The molecule has 0 atom stereocenters. The molecular formula is C13H16IN5. The number of nitrogens with zero attached hydrogens (tertiary/aromatic N) is 4. The molecule has 0 fully saturated rings. The smallest absolute Gasteiger partial charge is 0.200 e. The molecule has 6 heteroatoms. The van der Waals surface area contributed by atoms with Crippen molar-refractivity contribution in [1.29, 1.82) is 0 Å². The molecule has 0 aliphatic rings. The van der Waals surface area contributed by atoms with E-state index in [0.717, 1.165) is 21.6 Å². The fourth-order valence-electron chi connectivity index (χ4n) is 1.65. The molecule has 2 rings (SSSR count). The minimum Gasteiger partial charge on any atom is -0.369 e. The zero-order valence-corrected chi connectivity index (χ0v) is 13.3. The highest BCUT2D eigenvalue weighted by atomic mass is 127. The van der Waals surface area contributed by atoms with Crippen molar-refractivity contribution in [3.8, 4) is 11.6 Å². The van der Waals surface area contributed by atoms with Crippen LogP contribution in [0.4, 0.5) is 5.82 Å². The topological polar surface area (TPSA) is 63.6 Å². The van der Waals surface area contributed by atoms with Gasteiger partial charge in [-0.25, -0.2) is 19.9 Å².